The van der Waals surface area contributed by atoms with Gasteiger partial charge in [-0.2, -0.15) is 0 Å². The lowest BCUT2D eigenvalue weighted by Crippen LogP contribution is -2.17. The van der Waals surface area contributed by atoms with E-state index in [1.165, 1.54) is 0 Å². The van der Waals surface area contributed by atoms with Crippen molar-refractivity contribution >= 4 is 11.9 Å². The van der Waals surface area contributed by atoms with E-state index in [1.807, 2.05) is 54.6 Å². The Kier molecular flexibility index (Phi) is 16.1. The van der Waals surface area contributed by atoms with Gasteiger partial charge in [-0.3, -0.25) is 4.79 Å². The molecular weight excluding hydrogens is 500 g/mol. The van der Waals surface area contributed by atoms with Crippen molar-refractivity contribution in [2.24, 2.45) is 0 Å². The average molecular weight is 543 g/mol. The zero-order chi connectivity index (χ0) is 28.1. The largest absolute Gasteiger partial charge is 0.493 e. The molecule has 1 unspecified atom stereocenters. The zero-order valence-electron chi connectivity index (χ0n) is 23.2. The van der Waals surface area contributed by atoms with Gasteiger partial charge in [-0.15, -0.1) is 0 Å². The monoisotopic (exact) mass is 542 g/mol. The first kappa shape index (κ1) is 31.9. The molecule has 8 heteroatoms. The molecule has 0 spiro atoms. The number of esters is 2. The van der Waals surface area contributed by atoms with Crippen molar-refractivity contribution in [3.8, 4) is 11.5 Å². The number of unbranched alkanes of at least 4 members (excludes halogenated alkanes) is 1. The molecule has 0 saturated carbocycles. The van der Waals surface area contributed by atoms with Crippen LogP contribution in [0.4, 0.5) is 0 Å². The zero-order valence-corrected chi connectivity index (χ0v) is 23.2. The maximum absolute atomic E-state index is 12.3. The lowest BCUT2D eigenvalue weighted by Gasteiger charge is -2.18. The number of carbonyl (C=O) groups is 2. The molecular formula is C31H42O8. The van der Waals surface area contributed by atoms with Crippen LogP contribution >= 0.6 is 0 Å². The number of benzene rings is 2. The van der Waals surface area contributed by atoms with E-state index in [9.17, 15) is 9.59 Å². The molecule has 0 fully saturated rings. The van der Waals surface area contributed by atoms with Gasteiger partial charge in [0.1, 0.15) is 18.1 Å². The number of rotatable bonds is 21. The minimum Gasteiger partial charge on any atom is -0.493 e. The molecule has 0 bridgehead atoms. The van der Waals surface area contributed by atoms with Gasteiger partial charge in [-0.1, -0.05) is 49.9 Å². The molecule has 0 aromatic heterocycles. The van der Waals surface area contributed by atoms with Gasteiger partial charge >= 0.3 is 11.9 Å². The summed E-state index contributed by atoms with van der Waals surface area (Å²) in [5.74, 6) is 0.743. The predicted octanol–water partition coefficient (Wildman–Crippen LogP) is 5.85. The van der Waals surface area contributed by atoms with Crippen molar-refractivity contribution in [2.75, 3.05) is 46.2 Å². The van der Waals surface area contributed by atoms with Gasteiger partial charge in [0.05, 0.1) is 26.4 Å². The van der Waals surface area contributed by atoms with E-state index in [-0.39, 0.29) is 25.6 Å². The highest BCUT2D eigenvalue weighted by Gasteiger charge is 2.17. The smallest absolute Gasteiger partial charge is 0.333 e. The summed E-state index contributed by atoms with van der Waals surface area (Å²) < 4.78 is 33.5. The van der Waals surface area contributed by atoms with Gasteiger partial charge in [0.2, 0.25) is 0 Å². The van der Waals surface area contributed by atoms with Crippen LogP contribution in [-0.4, -0.2) is 58.2 Å². The molecule has 39 heavy (non-hydrogen) atoms. The van der Waals surface area contributed by atoms with Gasteiger partial charge in [-0.25, -0.2) is 4.79 Å². The summed E-state index contributed by atoms with van der Waals surface area (Å²) in [7, 11) is 0. The fraction of sp³-hybridized carbons (Fsp3) is 0.484. The number of hydrogen-bond donors (Lipinski definition) is 0. The van der Waals surface area contributed by atoms with E-state index in [0.29, 0.717) is 45.0 Å². The molecule has 214 valence electrons. The lowest BCUT2D eigenvalue weighted by atomic mass is 10.1. The molecule has 0 aliphatic carbocycles. The fourth-order valence-corrected chi connectivity index (χ4v) is 3.38. The Morgan fingerprint density at radius 3 is 2.18 bits per heavy atom. The van der Waals surface area contributed by atoms with E-state index in [0.717, 1.165) is 36.3 Å². The number of carbonyl (C=O) groups excluding carboxylic acids is 2. The Balaban J connectivity index is 1.58. The second-order valence-electron chi connectivity index (χ2n) is 8.98. The standard InChI is InChI=1S/C31H42O8/c1-4-17-36-27-14-10-15-28(23-27)37-22-21-34-18-8-9-19-35-24-29(26-12-6-5-7-13-26)39-30(32)16-11-20-38-31(33)25(2)3/h5-7,10,12-15,23,29H,2,4,8-9,11,16-22,24H2,1,3H3. The van der Waals surface area contributed by atoms with E-state index in [1.54, 1.807) is 6.92 Å². The summed E-state index contributed by atoms with van der Waals surface area (Å²) >= 11 is 0. The van der Waals surface area contributed by atoms with Crippen LogP contribution in [0.3, 0.4) is 0 Å². The normalized spacial score (nSPS) is 11.4. The quantitative estimate of drug-likeness (QED) is 0.110. The van der Waals surface area contributed by atoms with E-state index < -0.39 is 12.1 Å². The molecule has 2 aromatic carbocycles. The van der Waals surface area contributed by atoms with Crippen molar-refractivity contribution in [1.82, 2.24) is 0 Å². The highest BCUT2D eigenvalue weighted by atomic mass is 16.6. The number of ether oxygens (including phenoxy) is 6. The molecule has 0 heterocycles. The summed E-state index contributed by atoms with van der Waals surface area (Å²) in [4.78, 5) is 23.8. The van der Waals surface area contributed by atoms with Crippen LogP contribution in [0.1, 0.15) is 57.6 Å². The van der Waals surface area contributed by atoms with Gasteiger partial charge in [-0.05, 0) is 50.3 Å². The summed E-state index contributed by atoms with van der Waals surface area (Å²) in [6, 6.07) is 17.1. The molecule has 0 amide bonds. The van der Waals surface area contributed by atoms with Crippen LogP contribution < -0.4 is 9.47 Å². The highest BCUT2D eigenvalue weighted by Crippen LogP contribution is 2.20. The number of hydrogen-bond acceptors (Lipinski definition) is 8. The van der Waals surface area contributed by atoms with Crippen LogP contribution in [-0.2, 0) is 28.5 Å². The van der Waals surface area contributed by atoms with E-state index in [4.69, 9.17) is 28.4 Å². The summed E-state index contributed by atoms with van der Waals surface area (Å²) in [5, 5.41) is 0. The molecule has 0 N–H and O–H groups in total. The molecule has 1 atom stereocenters. The second kappa shape index (κ2) is 19.7. The molecule has 0 saturated heterocycles. The first-order valence-corrected chi connectivity index (χ1v) is 13.6. The van der Waals surface area contributed by atoms with Gasteiger partial charge in [0, 0.05) is 31.3 Å². The Morgan fingerprint density at radius 1 is 0.795 bits per heavy atom. The lowest BCUT2D eigenvalue weighted by molar-refractivity contribution is -0.154. The van der Waals surface area contributed by atoms with Crippen molar-refractivity contribution < 1.29 is 38.0 Å². The van der Waals surface area contributed by atoms with Gasteiger partial charge in [0.25, 0.3) is 0 Å². The summed E-state index contributed by atoms with van der Waals surface area (Å²) in [5.41, 5.74) is 1.19. The molecule has 2 rings (SSSR count). The van der Waals surface area contributed by atoms with Crippen LogP contribution in [0, 0.1) is 0 Å². The minimum atomic E-state index is -0.504. The van der Waals surface area contributed by atoms with Gasteiger partial charge < -0.3 is 28.4 Å². The third-order valence-electron chi connectivity index (χ3n) is 5.42. The SMILES string of the molecule is C=C(C)C(=O)OCCCC(=O)OC(COCCCCOCCOc1cccc(OCCC)c1)c1ccccc1. The Bertz CT molecular complexity index is 976. The van der Waals surface area contributed by atoms with Crippen LogP contribution in [0.5, 0.6) is 11.5 Å². The average Bonchev–Trinajstić information content (AvgIpc) is 2.95. The summed E-state index contributed by atoms with van der Waals surface area (Å²) in [6.45, 7) is 10.4. The first-order chi connectivity index (χ1) is 19.0. The third kappa shape index (κ3) is 14.4. The van der Waals surface area contributed by atoms with Crippen molar-refractivity contribution in [1.29, 1.82) is 0 Å². The molecule has 8 nitrogen and oxygen atoms in total. The molecule has 2 aromatic rings. The topological polar surface area (TPSA) is 89.5 Å². The van der Waals surface area contributed by atoms with Gasteiger partial charge in [0.15, 0.2) is 6.10 Å². The maximum Gasteiger partial charge on any atom is 0.333 e. The third-order valence-corrected chi connectivity index (χ3v) is 5.42. The van der Waals surface area contributed by atoms with Crippen molar-refractivity contribution in [3.63, 3.8) is 0 Å². The van der Waals surface area contributed by atoms with Crippen LogP contribution in [0.2, 0.25) is 0 Å². The maximum atomic E-state index is 12.3. The molecule has 0 aliphatic rings. The van der Waals surface area contributed by atoms with E-state index in [2.05, 4.69) is 13.5 Å². The second-order valence-corrected chi connectivity index (χ2v) is 8.98. The highest BCUT2D eigenvalue weighted by molar-refractivity contribution is 5.86. The van der Waals surface area contributed by atoms with Crippen molar-refractivity contribution in [3.05, 3.63) is 72.3 Å². The fourth-order valence-electron chi connectivity index (χ4n) is 3.38. The Labute approximate surface area is 232 Å². The molecule has 0 radical (unpaired) electrons. The molecule has 0 aliphatic heterocycles. The van der Waals surface area contributed by atoms with Crippen LogP contribution in [0.15, 0.2) is 66.7 Å². The predicted molar refractivity (Wildman–Crippen MR) is 149 cm³/mol. The minimum absolute atomic E-state index is 0.142. The van der Waals surface area contributed by atoms with Crippen molar-refractivity contribution in [2.45, 2.75) is 52.1 Å². The Morgan fingerprint density at radius 2 is 1.49 bits per heavy atom. The van der Waals surface area contributed by atoms with Crippen LogP contribution in [0.25, 0.3) is 0 Å². The first-order valence-electron chi connectivity index (χ1n) is 13.6. The Hall–Kier alpha value is -3.36. The summed E-state index contributed by atoms with van der Waals surface area (Å²) in [6.07, 6.45) is 2.65. The van der Waals surface area contributed by atoms with E-state index >= 15 is 0 Å².